The standard InChI is InChI=1S/C31H34BrN3O5S/c1-6-39-25-16-22(23(32)17-24(25)38-5)28-27(30(37)40-7-2)19(4)33-31-35(28)29(36)26(41-31)15-20-10-11-21(14-18(20)3)34-12-8-9-13-34/h10-11,14-17,28H,6-9,12-13H2,1-5H3/b26-15+/t28-/m0/s1. The van der Waals surface area contributed by atoms with Crippen LogP contribution in [-0.2, 0) is 9.53 Å². The van der Waals surface area contributed by atoms with Gasteiger partial charge in [-0.3, -0.25) is 9.36 Å². The minimum absolute atomic E-state index is 0.202. The number of allylic oxidation sites excluding steroid dienone is 1. The molecule has 2 aromatic carbocycles. The number of hydrogen-bond acceptors (Lipinski definition) is 8. The van der Waals surface area contributed by atoms with Crippen LogP contribution in [0, 0.1) is 6.92 Å². The average Bonchev–Trinajstić information content (AvgIpc) is 3.59. The molecule has 5 rings (SSSR count). The second kappa shape index (κ2) is 12.2. The van der Waals surface area contributed by atoms with Gasteiger partial charge in [0, 0.05) is 23.2 Å². The zero-order chi connectivity index (χ0) is 29.3. The minimum atomic E-state index is -0.773. The number of anilines is 1. The first-order chi connectivity index (χ1) is 19.8. The van der Waals surface area contributed by atoms with E-state index >= 15 is 0 Å². The molecule has 0 bridgehead atoms. The van der Waals surface area contributed by atoms with Gasteiger partial charge in [0.15, 0.2) is 16.3 Å². The lowest BCUT2D eigenvalue weighted by Gasteiger charge is -2.26. The summed E-state index contributed by atoms with van der Waals surface area (Å²) in [6, 6.07) is 9.21. The van der Waals surface area contributed by atoms with Crippen LogP contribution < -0.4 is 29.3 Å². The molecule has 0 saturated carbocycles. The number of halogens is 1. The van der Waals surface area contributed by atoms with Gasteiger partial charge in [-0.25, -0.2) is 9.79 Å². The molecule has 0 radical (unpaired) electrons. The Morgan fingerprint density at radius 2 is 1.88 bits per heavy atom. The van der Waals surface area contributed by atoms with Crippen molar-refractivity contribution in [2.24, 2.45) is 4.99 Å². The van der Waals surface area contributed by atoms with E-state index in [2.05, 4.69) is 46.0 Å². The summed E-state index contributed by atoms with van der Waals surface area (Å²) in [5.41, 5.74) is 4.54. The molecule has 2 aliphatic heterocycles. The number of methoxy groups -OCH3 is 1. The molecule has 8 nitrogen and oxygen atoms in total. The molecule has 1 atom stereocenters. The summed E-state index contributed by atoms with van der Waals surface area (Å²) in [5.74, 6) is 0.546. The number of hydrogen-bond donors (Lipinski definition) is 0. The summed E-state index contributed by atoms with van der Waals surface area (Å²) in [6.45, 7) is 10.3. The Balaban J connectivity index is 1.68. The molecule has 3 aromatic rings. The van der Waals surface area contributed by atoms with Crippen LogP contribution in [-0.4, -0.2) is 43.9 Å². The van der Waals surface area contributed by atoms with Crippen molar-refractivity contribution in [2.45, 2.75) is 46.6 Å². The van der Waals surface area contributed by atoms with Gasteiger partial charge in [-0.15, -0.1) is 0 Å². The number of fused-ring (bicyclic) bond motifs is 1. The van der Waals surface area contributed by atoms with Crippen LogP contribution >= 0.6 is 27.3 Å². The van der Waals surface area contributed by atoms with Crippen molar-refractivity contribution in [3.05, 3.63) is 82.5 Å². The molecular formula is C31H34BrN3O5S. The molecular weight excluding hydrogens is 606 g/mol. The maximum absolute atomic E-state index is 14.1. The molecule has 3 heterocycles. The molecule has 0 unspecified atom stereocenters. The summed E-state index contributed by atoms with van der Waals surface area (Å²) in [7, 11) is 1.57. The highest BCUT2D eigenvalue weighted by atomic mass is 79.9. The van der Waals surface area contributed by atoms with Crippen LogP contribution in [0.1, 0.15) is 56.3 Å². The predicted octanol–water partition coefficient (Wildman–Crippen LogP) is 4.88. The largest absolute Gasteiger partial charge is 0.493 e. The molecule has 216 valence electrons. The fourth-order valence-electron chi connectivity index (χ4n) is 5.41. The summed E-state index contributed by atoms with van der Waals surface area (Å²) in [6.07, 6.45) is 4.35. The van der Waals surface area contributed by atoms with Crippen LogP contribution in [0.25, 0.3) is 6.08 Å². The van der Waals surface area contributed by atoms with Gasteiger partial charge in [0.2, 0.25) is 0 Å². The Labute approximate surface area is 251 Å². The van der Waals surface area contributed by atoms with Crippen molar-refractivity contribution in [2.75, 3.05) is 38.3 Å². The van der Waals surface area contributed by atoms with E-state index in [0.29, 0.717) is 48.7 Å². The fraction of sp³-hybridized carbons (Fsp3) is 0.387. The van der Waals surface area contributed by atoms with Crippen molar-refractivity contribution in [3.63, 3.8) is 0 Å². The molecule has 0 aliphatic carbocycles. The average molecular weight is 641 g/mol. The van der Waals surface area contributed by atoms with E-state index in [1.165, 1.54) is 29.9 Å². The van der Waals surface area contributed by atoms with Crippen molar-refractivity contribution in [1.29, 1.82) is 0 Å². The Hall–Kier alpha value is -3.37. The first-order valence-corrected chi connectivity index (χ1v) is 15.4. The molecule has 0 amide bonds. The highest BCUT2D eigenvalue weighted by molar-refractivity contribution is 9.10. The van der Waals surface area contributed by atoms with E-state index in [9.17, 15) is 9.59 Å². The number of ether oxygens (including phenoxy) is 3. The van der Waals surface area contributed by atoms with E-state index in [0.717, 1.165) is 24.2 Å². The second-order valence-electron chi connectivity index (χ2n) is 9.99. The van der Waals surface area contributed by atoms with Crippen molar-refractivity contribution < 1.29 is 19.0 Å². The third kappa shape index (κ3) is 5.59. The molecule has 1 fully saturated rings. The minimum Gasteiger partial charge on any atom is -0.493 e. The highest BCUT2D eigenvalue weighted by Crippen LogP contribution is 2.41. The van der Waals surface area contributed by atoms with Gasteiger partial charge in [0.25, 0.3) is 5.56 Å². The molecule has 1 saturated heterocycles. The normalized spacial score (nSPS) is 17.0. The lowest BCUT2D eigenvalue weighted by Crippen LogP contribution is -2.40. The van der Waals surface area contributed by atoms with E-state index in [1.54, 1.807) is 31.6 Å². The van der Waals surface area contributed by atoms with Gasteiger partial charge in [0.1, 0.15) is 0 Å². The Kier molecular flexibility index (Phi) is 8.70. The summed E-state index contributed by atoms with van der Waals surface area (Å²) in [4.78, 5) is 35.0. The Morgan fingerprint density at radius 3 is 2.54 bits per heavy atom. The Morgan fingerprint density at radius 1 is 1.12 bits per heavy atom. The number of nitrogens with zero attached hydrogens (tertiary/aromatic N) is 3. The number of benzene rings is 2. The topological polar surface area (TPSA) is 82.4 Å². The van der Waals surface area contributed by atoms with Crippen LogP contribution in [0.15, 0.2) is 55.9 Å². The first kappa shape index (κ1) is 29.1. The van der Waals surface area contributed by atoms with Gasteiger partial charge in [-0.1, -0.05) is 33.3 Å². The maximum Gasteiger partial charge on any atom is 0.338 e. The van der Waals surface area contributed by atoms with Gasteiger partial charge in [0.05, 0.1) is 42.2 Å². The van der Waals surface area contributed by atoms with E-state index in [-0.39, 0.29) is 12.2 Å². The van der Waals surface area contributed by atoms with Gasteiger partial charge < -0.3 is 19.1 Å². The van der Waals surface area contributed by atoms with Crippen molar-refractivity contribution >= 4 is 45.0 Å². The smallest absolute Gasteiger partial charge is 0.338 e. The van der Waals surface area contributed by atoms with Gasteiger partial charge in [-0.2, -0.15) is 0 Å². The number of esters is 1. The molecule has 0 N–H and O–H groups in total. The second-order valence-corrected chi connectivity index (χ2v) is 11.9. The van der Waals surface area contributed by atoms with Crippen LogP contribution in [0.2, 0.25) is 0 Å². The molecule has 1 aromatic heterocycles. The number of carbonyl (C=O) groups is 1. The molecule has 10 heteroatoms. The predicted molar refractivity (Wildman–Crippen MR) is 165 cm³/mol. The van der Waals surface area contributed by atoms with Crippen molar-refractivity contribution in [1.82, 2.24) is 4.57 Å². The third-order valence-corrected chi connectivity index (χ3v) is 9.08. The lowest BCUT2D eigenvalue weighted by atomic mass is 9.95. The van der Waals surface area contributed by atoms with Crippen LogP contribution in [0.3, 0.4) is 0 Å². The SMILES string of the molecule is CCOC(=O)C1=C(C)N=c2s/c(=C/c3ccc(N4CCCC4)cc3C)c(=O)n2[C@H]1c1cc(OCC)c(OC)cc1Br. The molecule has 0 spiro atoms. The quantitative estimate of drug-likeness (QED) is 0.327. The zero-order valence-electron chi connectivity index (χ0n) is 24.0. The number of aromatic nitrogens is 1. The molecule has 2 aliphatic rings. The first-order valence-electron chi connectivity index (χ1n) is 13.8. The zero-order valence-corrected chi connectivity index (χ0v) is 26.4. The third-order valence-electron chi connectivity index (χ3n) is 7.41. The van der Waals surface area contributed by atoms with E-state index in [1.807, 2.05) is 19.1 Å². The lowest BCUT2D eigenvalue weighted by molar-refractivity contribution is -0.139. The highest BCUT2D eigenvalue weighted by Gasteiger charge is 2.35. The Bertz CT molecular complexity index is 1700. The van der Waals surface area contributed by atoms with E-state index < -0.39 is 12.0 Å². The van der Waals surface area contributed by atoms with Crippen molar-refractivity contribution in [3.8, 4) is 11.5 Å². The van der Waals surface area contributed by atoms with E-state index in [4.69, 9.17) is 19.2 Å². The summed E-state index contributed by atoms with van der Waals surface area (Å²) >= 11 is 4.97. The van der Waals surface area contributed by atoms with Gasteiger partial charge in [-0.05, 0) is 87.6 Å². The van der Waals surface area contributed by atoms with Crippen LogP contribution in [0.5, 0.6) is 11.5 Å². The summed E-state index contributed by atoms with van der Waals surface area (Å²) < 4.78 is 19.6. The fourth-order valence-corrected chi connectivity index (χ4v) is 6.99. The number of rotatable bonds is 8. The van der Waals surface area contributed by atoms with Gasteiger partial charge >= 0.3 is 5.97 Å². The molecule has 41 heavy (non-hydrogen) atoms. The monoisotopic (exact) mass is 639 g/mol. The maximum atomic E-state index is 14.1. The number of carbonyl (C=O) groups excluding carboxylic acids is 1. The number of thiazole rings is 1. The van der Waals surface area contributed by atoms with Crippen LogP contribution in [0.4, 0.5) is 5.69 Å². The summed E-state index contributed by atoms with van der Waals surface area (Å²) in [5, 5.41) is 0. The number of aryl methyl sites for hydroxylation is 1.